The van der Waals surface area contributed by atoms with Crippen molar-refractivity contribution in [1.29, 1.82) is 0 Å². The number of pyridine rings is 1. The lowest BCUT2D eigenvalue weighted by Gasteiger charge is -2.21. The molecule has 0 unspecified atom stereocenters. The number of hydrogen-bond acceptors (Lipinski definition) is 2. The maximum absolute atomic E-state index is 12.9. The van der Waals surface area contributed by atoms with Gasteiger partial charge in [-0.3, -0.25) is 9.69 Å². The lowest BCUT2D eigenvalue weighted by molar-refractivity contribution is 0.258. The second-order valence-corrected chi connectivity index (χ2v) is 7.22. The first-order chi connectivity index (χ1) is 12.9. The molecule has 1 heterocycles. The number of aromatic nitrogens is 1. The molecule has 0 aliphatic carbocycles. The van der Waals surface area contributed by atoms with Gasteiger partial charge in [-0.25, -0.2) is 4.79 Å². The van der Waals surface area contributed by atoms with Gasteiger partial charge in [0.2, 0.25) is 0 Å². The molecule has 0 aliphatic rings. The highest BCUT2D eigenvalue weighted by atomic mass is 16.2. The summed E-state index contributed by atoms with van der Waals surface area (Å²) < 4.78 is 1.68. The summed E-state index contributed by atoms with van der Waals surface area (Å²) in [4.78, 5) is 27.2. The Morgan fingerprint density at radius 3 is 2.37 bits per heavy atom. The Balaban J connectivity index is 2.01. The van der Waals surface area contributed by atoms with Gasteiger partial charge in [-0.2, -0.15) is 0 Å². The van der Waals surface area contributed by atoms with Gasteiger partial charge in [0.15, 0.2) is 0 Å². The summed E-state index contributed by atoms with van der Waals surface area (Å²) in [5.74, 6) is 0.321. The second kappa shape index (κ2) is 7.66. The van der Waals surface area contributed by atoms with Gasteiger partial charge in [-0.1, -0.05) is 50.2 Å². The Morgan fingerprint density at radius 2 is 1.70 bits per heavy atom. The van der Waals surface area contributed by atoms with Crippen molar-refractivity contribution >= 4 is 28.2 Å². The molecule has 2 aromatic carbocycles. The highest BCUT2D eigenvalue weighted by Crippen LogP contribution is 2.23. The average Bonchev–Trinajstić information content (AvgIpc) is 2.65. The van der Waals surface area contributed by atoms with Gasteiger partial charge in [0.1, 0.15) is 0 Å². The van der Waals surface area contributed by atoms with Gasteiger partial charge in [0.25, 0.3) is 5.56 Å². The maximum Gasteiger partial charge on any atom is 0.326 e. The van der Waals surface area contributed by atoms with Gasteiger partial charge in [0, 0.05) is 36.2 Å². The molecule has 0 saturated heterocycles. The lowest BCUT2D eigenvalue weighted by atomic mass is 10.1. The Morgan fingerprint density at radius 1 is 1.07 bits per heavy atom. The summed E-state index contributed by atoms with van der Waals surface area (Å²) in [6, 6.07) is 14.9. The van der Waals surface area contributed by atoms with Crippen LogP contribution >= 0.6 is 0 Å². The van der Waals surface area contributed by atoms with Crippen LogP contribution in [0.5, 0.6) is 0 Å². The zero-order valence-electron chi connectivity index (χ0n) is 16.2. The first kappa shape index (κ1) is 18.7. The van der Waals surface area contributed by atoms with Crippen LogP contribution in [0.15, 0.2) is 59.5 Å². The van der Waals surface area contributed by atoms with E-state index in [1.165, 1.54) is 0 Å². The van der Waals surface area contributed by atoms with Crippen LogP contribution in [0.4, 0.5) is 16.2 Å². The fourth-order valence-electron chi connectivity index (χ4n) is 3.22. The molecular weight excluding hydrogens is 338 g/mol. The lowest BCUT2D eigenvalue weighted by Crippen LogP contribution is -2.32. The van der Waals surface area contributed by atoms with Crippen molar-refractivity contribution < 1.29 is 4.79 Å². The van der Waals surface area contributed by atoms with Gasteiger partial charge >= 0.3 is 6.03 Å². The molecule has 5 heteroatoms. The van der Waals surface area contributed by atoms with E-state index in [9.17, 15) is 9.59 Å². The molecule has 140 valence electrons. The summed E-state index contributed by atoms with van der Waals surface area (Å²) in [5.41, 5.74) is 2.46. The zero-order chi connectivity index (χ0) is 19.6. The Kier molecular flexibility index (Phi) is 5.31. The minimum absolute atomic E-state index is 0.0374. The Bertz CT molecular complexity index is 1040. The predicted octanol–water partition coefficient (Wildman–Crippen LogP) is 4.63. The summed E-state index contributed by atoms with van der Waals surface area (Å²) in [6.45, 7) is 6.69. The van der Waals surface area contributed by atoms with E-state index in [2.05, 4.69) is 19.2 Å². The van der Waals surface area contributed by atoms with E-state index in [1.54, 1.807) is 28.8 Å². The van der Waals surface area contributed by atoms with Crippen molar-refractivity contribution in [3.05, 3.63) is 70.6 Å². The van der Waals surface area contributed by atoms with E-state index in [-0.39, 0.29) is 11.6 Å². The van der Waals surface area contributed by atoms with Gasteiger partial charge < -0.3 is 9.88 Å². The summed E-state index contributed by atoms with van der Waals surface area (Å²) >= 11 is 0. The van der Waals surface area contributed by atoms with Crippen LogP contribution in [-0.4, -0.2) is 17.6 Å². The van der Waals surface area contributed by atoms with E-state index in [4.69, 9.17) is 0 Å². The highest BCUT2D eigenvalue weighted by molar-refractivity contribution is 6.07. The number of nitrogens with one attached hydrogen (secondary N) is 1. The molecular formula is C22H25N3O2. The molecule has 1 N–H and O–H groups in total. The number of carbonyl (C=O) groups is 1. The smallest absolute Gasteiger partial charge is 0.313 e. The van der Waals surface area contributed by atoms with Crippen molar-refractivity contribution in [3.8, 4) is 0 Å². The molecule has 0 spiro atoms. The number of carbonyl (C=O) groups excluding carboxylic acids is 1. The van der Waals surface area contributed by atoms with E-state index < -0.39 is 0 Å². The van der Waals surface area contributed by atoms with Crippen molar-refractivity contribution in [3.63, 3.8) is 0 Å². The van der Waals surface area contributed by atoms with Gasteiger partial charge in [0.05, 0.1) is 5.69 Å². The van der Waals surface area contributed by atoms with Crippen molar-refractivity contribution in [2.75, 3.05) is 17.3 Å². The van der Waals surface area contributed by atoms with Crippen LogP contribution in [0, 0.1) is 12.8 Å². The standard InChI is InChI=1S/C22H25N3O2/c1-15(2)13-25-14-19(17-10-6-7-11-18(17)21(25)26)23-22(27)24(4)20-12-8-5-9-16(20)3/h5-12,14-15H,13H2,1-4H3,(H,23,27). The topological polar surface area (TPSA) is 54.3 Å². The predicted molar refractivity (Wildman–Crippen MR) is 112 cm³/mol. The number of amides is 2. The molecule has 5 nitrogen and oxygen atoms in total. The number of rotatable bonds is 4. The average molecular weight is 363 g/mol. The molecule has 3 aromatic rings. The molecule has 3 rings (SSSR count). The van der Waals surface area contributed by atoms with E-state index in [0.29, 0.717) is 23.5 Å². The molecule has 0 radical (unpaired) electrons. The third-order valence-electron chi connectivity index (χ3n) is 4.58. The second-order valence-electron chi connectivity index (χ2n) is 7.22. The quantitative estimate of drug-likeness (QED) is 0.734. The summed E-state index contributed by atoms with van der Waals surface area (Å²) in [6.07, 6.45) is 1.74. The molecule has 0 bridgehead atoms. The number of benzene rings is 2. The molecule has 0 fully saturated rings. The molecule has 0 atom stereocenters. The van der Waals surface area contributed by atoms with Crippen LogP contribution in [0.1, 0.15) is 19.4 Å². The third kappa shape index (κ3) is 3.87. The first-order valence-electron chi connectivity index (χ1n) is 9.11. The van der Waals surface area contributed by atoms with Crippen molar-refractivity contribution in [2.45, 2.75) is 27.3 Å². The molecule has 1 aromatic heterocycles. The van der Waals surface area contributed by atoms with Crippen molar-refractivity contribution in [1.82, 2.24) is 4.57 Å². The molecule has 2 amide bonds. The molecule has 27 heavy (non-hydrogen) atoms. The first-order valence-corrected chi connectivity index (χ1v) is 9.11. The third-order valence-corrected chi connectivity index (χ3v) is 4.58. The summed E-state index contributed by atoms with van der Waals surface area (Å²) in [7, 11) is 1.74. The number of nitrogens with zero attached hydrogens (tertiary/aromatic N) is 2. The summed E-state index contributed by atoms with van der Waals surface area (Å²) in [5, 5.41) is 4.33. The fourth-order valence-corrected chi connectivity index (χ4v) is 3.22. The number of aryl methyl sites for hydroxylation is 1. The normalized spacial score (nSPS) is 11.0. The number of hydrogen-bond donors (Lipinski definition) is 1. The maximum atomic E-state index is 12.9. The van der Waals surface area contributed by atoms with Gasteiger partial charge in [-0.15, -0.1) is 0 Å². The minimum Gasteiger partial charge on any atom is -0.313 e. The number of fused-ring (bicyclic) bond motifs is 1. The largest absolute Gasteiger partial charge is 0.326 e. The van der Waals surface area contributed by atoms with Crippen LogP contribution in [0.2, 0.25) is 0 Å². The SMILES string of the molecule is Cc1ccccc1N(C)C(=O)Nc1cn(CC(C)C)c(=O)c2ccccc12. The van der Waals surface area contributed by atoms with Crippen LogP contribution < -0.4 is 15.8 Å². The Labute approximate surface area is 159 Å². The number of urea groups is 1. The monoisotopic (exact) mass is 363 g/mol. The highest BCUT2D eigenvalue weighted by Gasteiger charge is 2.16. The number of para-hydroxylation sites is 1. The van der Waals surface area contributed by atoms with E-state index in [0.717, 1.165) is 16.6 Å². The van der Waals surface area contributed by atoms with Gasteiger partial charge in [-0.05, 0) is 30.5 Å². The Hall–Kier alpha value is -3.08. The zero-order valence-corrected chi connectivity index (χ0v) is 16.2. The van der Waals surface area contributed by atoms with Crippen molar-refractivity contribution in [2.24, 2.45) is 5.92 Å². The van der Waals surface area contributed by atoms with E-state index in [1.807, 2.05) is 49.4 Å². The van der Waals surface area contributed by atoms with Crippen LogP contribution in [0.3, 0.4) is 0 Å². The van der Waals surface area contributed by atoms with E-state index >= 15 is 0 Å². The van der Waals surface area contributed by atoms with Crippen LogP contribution in [-0.2, 0) is 6.54 Å². The number of anilines is 2. The molecule has 0 aliphatic heterocycles. The fraction of sp³-hybridized carbons (Fsp3) is 0.273. The minimum atomic E-state index is -0.246. The van der Waals surface area contributed by atoms with Crippen LogP contribution in [0.25, 0.3) is 10.8 Å². The molecule has 0 saturated carbocycles.